The topological polar surface area (TPSA) is 97.7 Å². The highest BCUT2D eigenvalue weighted by Gasteiger charge is 2.30. The normalized spacial score (nSPS) is 25.0. The molecular formula is C23H31N3O5S. The number of hydrogen-bond acceptors (Lipinski definition) is 5. The highest BCUT2D eigenvalue weighted by atomic mass is 32.2. The SMILES string of the molecule is C[C@@H]1[C@H](C)CCC[C@@H]1NC(=O)c1cn(C)c2ccc(S(=O)(=O)N3CCOCC3)cc2c1=O. The zero-order chi connectivity index (χ0) is 23.0. The van der Waals surface area contributed by atoms with Crippen LogP contribution in [0.15, 0.2) is 34.1 Å². The minimum Gasteiger partial charge on any atom is -0.379 e. The average Bonchev–Trinajstić information content (AvgIpc) is 2.79. The van der Waals surface area contributed by atoms with Crippen LogP contribution in [-0.2, 0) is 21.8 Å². The van der Waals surface area contributed by atoms with Crippen molar-refractivity contribution in [1.82, 2.24) is 14.2 Å². The Morgan fingerprint density at radius 3 is 2.59 bits per heavy atom. The predicted molar refractivity (Wildman–Crippen MR) is 122 cm³/mol. The van der Waals surface area contributed by atoms with Crippen LogP contribution >= 0.6 is 0 Å². The number of ether oxygens (including phenoxy) is 1. The van der Waals surface area contributed by atoms with Gasteiger partial charge in [0.1, 0.15) is 5.56 Å². The number of sulfonamides is 1. The Morgan fingerprint density at radius 2 is 1.88 bits per heavy atom. The van der Waals surface area contributed by atoms with Gasteiger partial charge in [0.2, 0.25) is 15.5 Å². The number of fused-ring (bicyclic) bond motifs is 1. The fraction of sp³-hybridized carbons (Fsp3) is 0.565. The van der Waals surface area contributed by atoms with Gasteiger partial charge < -0.3 is 14.6 Å². The van der Waals surface area contributed by atoms with Crippen LogP contribution in [-0.4, -0.2) is 55.5 Å². The number of benzene rings is 1. The molecule has 0 unspecified atom stereocenters. The Morgan fingerprint density at radius 1 is 1.16 bits per heavy atom. The Hall–Kier alpha value is -2.23. The molecule has 0 radical (unpaired) electrons. The van der Waals surface area contributed by atoms with Gasteiger partial charge in [-0.05, 0) is 36.5 Å². The molecule has 1 aromatic carbocycles. The summed E-state index contributed by atoms with van der Waals surface area (Å²) in [6, 6.07) is 4.55. The summed E-state index contributed by atoms with van der Waals surface area (Å²) < 4.78 is 34.4. The lowest BCUT2D eigenvalue weighted by molar-refractivity contribution is 0.0730. The first-order valence-electron chi connectivity index (χ1n) is 11.2. The molecule has 1 saturated heterocycles. The Kier molecular flexibility index (Phi) is 6.42. The maximum atomic E-state index is 13.3. The van der Waals surface area contributed by atoms with Crippen LogP contribution in [0, 0.1) is 11.8 Å². The van der Waals surface area contributed by atoms with Crippen molar-refractivity contribution < 1.29 is 17.9 Å². The van der Waals surface area contributed by atoms with E-state index in [-0.39, 0.29) is 35.0 Å². The lowest BCUT2D eigenvalue weighted by Gasteiger charge is -2.34. The largest absolute Gasteiger partial charge is 0.379 e. The molecule has 2 aliphatic rings. The lowest BCUT2D eigenvalue weighted by Crippen LogP contribution is -2.45. The fourth-order valence-electron chi connectivity index (χ4n) is 4.76. The number of pyridine rings is 1. The van der Waals surface area contributed by atoms with Crippen molar-refractivity contribution in [3.05, 3.63) is 40.2 Å². The number of hydrogen-bond donors (Lipinski definition) is 1. The van der Waals surface area contributed by atoms with E-state index in [9.17, 15) is 18.0 Å². The first-order valence-corrected chi connectivity index (χ1v) is 12.7. The second-order valence-electron chi connectivity index (χ2n) is 9.03. The first kappa shape index (κ1) is 22.9. The highest BCUT2D eigenvalue weighted by molar-refractivity contribution is 7.89. The van der Waals surface area contributed by atoms with Gasteiger partial charge in [-0.25, -0.2) is 8.42 Å². The molecule has 0 bridgehead atoms. The van der Waals surface area contributed by atoms with Gasteiger partial charge in [0.15, 0.2) is 0 Å². The average molecular weight is 462 g/mol. The van der Waals surface area contributed by atoms with Gasteiger partial charge in [-0.3, -0.25) is 9.59 Å². The third-order valence-corrected chi connectivity index (χ3v) is 8.93. The summed E-state index contributed by atoms with van der Waals surface area (Å²) in [4.78, 5) is 26.4. The van der Waals surface area contributed by atoms with E-state index in [1.54, 1.807) is 17.7 Å². The number of nitrogens with one attached hydrogen (secondary N) is 1. The van der Waals surface area contributed by atoms with Gasteiger partial charge in [-0.2, -0.15) is 4.31 Å². The molecule has 174 valence electrons. The fourth-order valence-corrected chi connectivity index (χ4v) is 6.20. The molecule has 1 aromatic heterocycles. The van der Waals surface area contributed by atoms with Gasteiger partial charge in [0.05, 0.1) is 23.6 Å². The molecule has 1 amide bonds. The molecule has 9 heteroatoms. The number of nitrogens with zero attached hydrogens (tertiary/aromatic N) is 2. The van der Waals surface area contributed by atoms with Crippen molar-refractivity contribution >= 4 is 26.8 Å². The van der Waals surface area contributed by atoms with Gasteiger partial charge in [0, 0.05) is 37.8 Å². The molecule has 0 spiro atoms. The van der Waals surface area contributed by atoms with E-state index in [4.69, 9.17) is 4.74 Å². The Labute approximate surface area is 188 Å². The molecule has 2 heterocycles. The van der Waals surface area contributed by atoms with Crippen molar-refractivity contribution in [2.24, 2.45) is 18.9 Å². The van der Waals surface area contributed by atoms with Crippen LogP contribution in [0.3, 0.4) is 0 Å². The zero-order valence-electron chi connectivity index (χ0n) is 18.8. The third-order valence-electron chi connectivity index (χ3n) is 7.04. The van der Waals surface area contributed by atoms with E-state index in [0.717, 1.165) is 19.3 Å². The summed E-state index contributed by atoms with van der Waals surface area (Å²) in [5, 5.41) is 3.27. The smallest absolute Gasteiger partial charge is 0.256 e. The number of morpholine rings is 1. The summed E-state index contributed by atoms with van der Waals surface area (Å²) in [7, 11) is -2.00. The van der Waals surface area contributed by atoms with Crippen LogP contribution in [0.4, 0.5) is 0 Å². The number of carbonyl (C=O) groups is 1. The van der Waals surface area contributed by atoms with Gasteiger partial charge in [-0.15, -0.1) is 0 Å². The summed E-state index contributed by atoms with van der Waals surface area (Å²) >= 11 is 0. The summed E-state index contributed by atoms with van der Waals surface area (Å²) in [6.45, 7) is 5.57. The second kappa shape index (κ2) is 8.96. The maximum Gasteiger partial charge on any atom is 0.256 e. The molecule has 2 fully saturated rings. The van der Waals surface area contributed by atoms with E-state index in [2.05, 4.69) is 19.2 Å². The van der Waals surface area contributed by atoms with Crippen molar-refractivity contribution in [1.29, 1.82) is 0 Å². The first-order chi connectivity index (χ1) is 15.2. The number of aromatic nitrogens is 1. The standard InChI is InChI=1S/C23H31N3O5S/c1-15-5-4-6-20(16(15)2)24-23(28)19-14-25(3)21-8-7-17(13-18(21)22(19)27)32(29,30)26-9-11-31-12-10-26/h7-8,13-16,20H,4-6,9-12H2,1-3H3,(H,24,28)/t15-,16-,20+/m1/s1. The minimum absolute atomic E-state index is 0.0275. The molecule has 8 nitrogen and oxygen atoms in total. The van der Waals surface area contributed by atoms with Crippen LogP contribution < -0.4 is 10.7 Å². The van der Waals surface area contributed by atoms with Crippen molar-refractivity contribution in [3.63, 3.8) is 0 Å². The van der Waals surface area contributed by atoms with Crippen molar-refractivity contribution in [2.45, 2.75) is 44.0 Å². The second-order valence-corrected chi connectivity index (χ2v) is 11.0. The molecule has 3 atom stereocenters. The number of aryl methyl sites for hydroxylation is 1. The molecule has 1 N–H and O–H groups in total. The van der Waals surface area contributed by atoms with Gasteiger partial charge >= 0.3 is 0 Å². The third kappa shape index (κ3) is 4.21. The highest BCUT2D eigenvalue weighted by Crippen LogP contribution is 2.29. The van der Waals surface area contributed by atoms with Crippen LogP contribution in [0.1, 0.15) is 43.5 Å². The number of carbonyl (C=O) groups excluding carboxylic acids is 1. The number of amides is 1. The molecule has 1 aliphatic carbocycles. The number of rotatable bonds is 4. The molecule has 1 saturated carbocycles. The quantitative estimate of drug-likeness (QED) is 0.752. The monoisotopic (exact) mass is 461 g/mol. The molecular weight excluding hydrogens is 430 g/mol. The summed E-state index contributed by atoms with van der Waals surface area (Å²) in [5.41, 5.74) is 0.157. The van der Waals surface area contributed by atoms with E-state index < -0.39 is 21.4 Å². The van der Waals surface area contributed by atoms with Crippen molar-refractivity contribution in [2.75, 3.05) is 26.3 Å². The van der Waals surface area contributed by atoms with Gasteiger partial charge in [-0.1, -0.05) is 26.7 Å². The zero-order valence-corrected chi connectivity index (χ0v) is 19.7. The molecule has 4 rings (SSSR count). The van der Waals surface area contributed by atoms with E-state index in [1.165, 1.54) is 22.6 Å². The van der Waals surface area contributed by atoms with E-state index in [1.807, 2.05) is 0 Å². The van der Waals surface area contributed by atoms with E-state index >= 15 is 0 Å². The molecule has 2 aromatic rings. The summed E-state index contributed by atoms with van der Waals surface area (Å²) in [6.07, 6.45) is 4.63. The maximum absolute atomic E-state index is 13.3. The van der Waals surface area contributed by atoms with Crippen LogP contribution in [0.2, 0.25) is 0 Å². The van der Waals surface area contributed by atoms with Crippen LogP contribution in [0.5, 0.6) is 0 Å². The molecule has 32 heavy (non-hydrogen) atoms. The Bertz CT molecular complexity index is 1180. The van der Waals surface area contributed by atoms with E-state index in [0.29, 0.717) is 30.6 Å². The van der Waals surface area contributed by atoms with Crippen LogP contribution in [0.25, 0.3) is 10.9 Å². The molecule has 1 aliphatic heterocycles. The lowest BCUT2D eigenvalue weighted by atomic mass is 9.78. The summed E-state index contributed by atoms with van der Waals surface area (Å²) in [5.74, 6) is 0.448. The van der Waals surface area contributed by atoms with Crippen molar-refractivity contribution in [3.8, 4) is 0 Å². The predicted octanol–water partition coefficient (Wildman–Crippen LogP) is 2.11. The minimum atomic E-state index is -3.75. The van der Waals surface area contributed by atoms with Gasteiger partial charge in [0.25, 0.3) is 5.91 Å². The Balaban J connectivity index is 1.70.